The molecule has 8 nitrogen and oxygen atoms in total. The summed E-state index contributed by atoms with van der Waals surface area (Å²) < 4.78 is 44.7. The Morgan fingerprint density at radius 3 is 2.37 bits per heavy atom. The Morgan fingerprint density at radius 2 is 1.80 bits per heavy atom. The highest BCUT2D eigenvalue weighted by Crippen LogP contribution is 2.39. The summed E-state index contributed by atoms with van der Waals surface area (Å²) >= 11 is 11.9. The highest BCUT2D eigenvalue weighted by molar-refractivity contribution is 7.92. The number of hydrogen-bond acceptors (Lipinski definition) is 6. The van der Waals surface area contributed by atoms with E-state index in [0.29, 0.717) is 5.69 Å². The first-order valence-corrected chi connectivity index (χ1v) is 13.8. The van der Waals surface area contributed by atoms with Crippen LogP contribution in [0.1, 0.15) is 39.5 Å². The Bertz CT molecular complexity index is 1210. The van der Waals surface area contributed by atoms with Crippen molar-refractivity contribution in [3.63, 3.8) is 0 Å². The van der Waals surface area contributed by atoms with Crippen LogP contribution in [-0.4, -0.2) is 49.3 Å². The molecule has 0 aliphatic carbocycles. The predicted octanol–water partition coefficient (Wildman–Crippen LogP) is 4.37. The lowest BCUT2D eigenvalue weighted by Crippen LogP contribution is -2.55. The van der Waals surface area contributed by atoms with Gasteiger partial charge in [0.2, 0.25) is 10.0 Å². The number of pyridine rings is 1. The minimum absolute atomic E-state index is 0.0439. The summed E-state index contributed by atoms with van der Waals surface area (Å²) in [6.07, 6.45) is 6.04. The lowest BCUT2D eigenvalue weighted by molar-refractivity contribution is -0.135. The predicted molar refractivity (Wildman–Crippen MR) is 134 cm³/mol. The number of amides is 1. The highest BCUT2D eigenvalue weighted by Gasteiger charge is 2.43. The molecule has 0 saturated carbocycles. The summed E-state index contributed by atoms with van der Waals surface area (Å²) in [5, 5.41) is 2.76. The molecule has 3 atom stereocenters. The number of carbonyl (C=O) groups excluding carboxylic acids is 1. The number of sulfonamides is 1. The summed E-state index contributed by atoms with van der Waals surface area (Å²) in [4.78, 5) is 19.8. The molecule has 3 heterocycles. The number of ether oxygens (including phenoxy) is 1. The zero-order valence-corrected chi connectivity index (χ0v) is 21.8. The second kappa shape index (κ2) is 9.63. The van der Waals surface area contributed by atoms with Crippen molar-refractivity contribution in [1.82, 2.24) is 10.3 Å². The fourth-order valence-electron chi connectivity index (χ4n) is 4.75. The number of benzene rings is 1. The zero-order chi connectivity index (χ0) is 25.5. The lowest BCUT2D eigenvalue weighted by Gasteiger charge is -2.40. The number of nitrogens with zero attached hydrogens (tertiary/aromatic N) is 2. The maximum absolute atomic E-state index is 13.6. The molecule has 2 aliphatic rings. The van der Waals surface area contributed by atoms with Gasteiger partial charge in [-0.15, -0.1) is 0 Å². The summed E-state index contributed by atoms with van der Waals surface area (Å²) in [5.74, 6) is -0.0497. The van der Waals surface area contributed by atoms with Crippen molar-refractivity contribution < 1.29 is 22.3 Å². The van der Waals surface area contributed by atoms with E-state index in [1.54, 1.807) is 19.9 Å². The third kappa shape index (κ3) is 5.76. The topological polar surface area (TPSA) is 101 Å². The van der Waals surface area contributed by atoms with Crippen LogP contribution in [0.2, 0.25) is 10.0 Å². The Hall–Kier alpha value is -2.30. The monoisotopic (exact) mass is 544 g/mol. The van der Waals surface area contributed by atoms with E-state index < -0.39 is 21.4 Å². The third-order valence-electron chi connectivity index (χ3n) is 6.30. The van der Waals surface area contributed by atoms with E-state index in [9.17, 15) is 17.6 Å². The van der Waals surface area contributed by atoms with Gasteiger partial charge in [-0.2, -0.15) is 0 Å². The first kappa shape index (κ1) is 25.8. The van der Waals surface area contributed by atoms with Crippen LogP contribution in [0.4, 0.5) is 15.9 Å². The van der Waals surface area contributed by atoms with Gasteiger partial charge < -0.3 is 15.0 Å². The summed E-state index contributed by atoms with van der Waals surface area (Å²) in [5.41, 5.74) is -0.846. The molecule has 2 aromatic rings. The molecule has 2 bridgehead atoms. The molecule has 12 heteroatoms. The van der Waals surface area contributed by atoms with Crippen LogP contribution >= 0.6 is 23.2 Å². The second-order valence-corrected chi connectivity index (χ2v) is 12.0. The summed E-state index contributed by atoms with van der Waals surface area (Å²) in [7, 11) is -3.37. The largest absolute Gasteiger partial charge is 0.476 e. The standard InChI is InChI=1S/C23H27Cl2FN4O4S/c1-23(2,34-18-8-7-17(26)20(24)21(18)25)22(31)28-14-10-15-5-6-16(11-14)30(15)19-9-4-13(12-27-19)29-35(3,32)33/h4,7-9,12,14-16,29H,5-6,10-11H2,1-3H3,(H,28,31)/t14-,15+,16-. The average molecular weight is 545 g/mol. The maximum Gasteiger partial charge on any atom is 0.263 e. The van der Waals surface area contributed by atoms with Crippen molar-refractivity contribution >= 4 is 50.6 Å². The van der Waals surface area contributed by atoms with Gasteiger partial charge in [0.1, 0.15) is 22.4 Å². The van der Waals surface area contributed by atoms with Gasteiger partial charge in [-0.3, -0.25) is 9.52 Å². The first-order valence-electron chi connectivity index (χ1n) is 11.2. The number of aromatic nitrogens is 1. The molecule has 2 N–H and O–H groups in total. The fraction of sp³-hybridized carbons (Fsp3) is 0.478. The number of piperidine rings is 1. The van der Waals surface area contributed by atoms with Gasteiger partial charge in [-0.05, 0) is 63.8 Å². The molecule has 190 valence electrons. The zero-order valence-electron chi connectivity index (χ0n) is 19.5. The van der Waals surface area contributed by atoms with Crippen LogP contribution in [0.25, 0.3) is 0 Å². The molecular formula is C23H27Cl2FN4O4S. The van der Waals surface area contributed by atoms with E-state index in [-0.39, 0.29) is 39.8 Å². The number of nitrogens with one attached hydrogen (secondary N) is 2. The van der Waals surface area contributed by atoms with E-state index >= 15 is 0 Å². The molecule has 1 amide bonds. The van der Waals surface area contributed by atoms with Crippen LogP contribution in [0.15, 0.2) is 30.5 Å². The lowest BCUT2D eigenvalue weighted by atomic mass is 9.96. The van der Waals surface area contributed by atoms with Gasteiger partial charge in [0.25, 0.3) is 5.91 Å². The Kier molecular flexibility index (Phi) is 7.09. The maximum atomic E-state index is 13.6. The number of anilines is 2. The van der Waals surface area contributed by atoms with Crippen molar-refractivity contribution in [2.75, 3.05) is 15.9 Å². The minimum Gasteiger partial charge on any atom is -0.476 e. The van der Waals surface area contributed by atoms with Crippen LogP contribution in [0, 0.1) is 5.82 Å². The molecule has 2 saturated heterocycles. The smallest absolute Gasteiger partial charge is 0.263 e. The number of halogens is 3. The van der Waals surface area contributed by atoms with Crippen molar-refractivity contribution in [2.45, 2.75) is 63.3 Å². The molecule has 4 rings (SSSR count). The van der Waals surface area contributed by atoms with Gasteiger partial charge >= 0.3 is 0 Å². The first-order chi connectivity index (χ1) is 16.3. The molecule has 1 aromatic heterocycles. The summed E-state index contributed by atoms with van der Waals surface area (Å²) in [6, 6.07) is 6.36. The molecule has 1 aromatic carbocycles. The van der Waals surface area contributed by atoms with E-state index in [1.807, 2.05) is 6.07 Å². The van der Waals surface area contributed by atoms with Gasteiger partial charge in [0.15, 0.2) is 5.60 Å². The normalized spacial score (nSPS) is 22.1. The quantitative estimate of drug-likeness (QED) is 0.502. The SMILES string of the molecule is CC(C)(Oc1ccc(F)c(Cl)c1Cl)C(=O)N[C@H]1C[C@H]2CC[C@@H](C1)N2c1ccc(NS(C)(=O)=O)cn1. The fourth-order valence-corrected chi connectivity index (χ4v) is 5.65. The Balaban J connectivity index is 1.39. The molecule has 2 fully saturated rings. The van der Waals surface area contributed by atoms with E-state index in [1.165, 1.54) is 12.3 Å². The molecular weight excluding hydrogens is 518 g/mol. The molecule has 0 unspecified atom stereocenters. The third-order valence-corrected chi connectivity index (χ3v) is 7.74. The summed E-state index contributed by atoms with van der Waals surface area (Å²) in [6.45, 7) is 3.24. The molecule has 2 aliphatic heterocycles. The number of carbonyl (C=O) groups is 1. The minimum atomic E-state index is -3.37. The number of rotatable bonds is 7. The van der Waals surface area contributed by atoms with E-state index in [2.05, 4.69) is 19.9 Å². The van der Waals surface area contributed by atoms with Crippen molar-refractivity contribution in [2.24, 2.45) is 0 Å². The van der Waals surface area contributed by atoms with Crippen molar-refractivity contribution in [3.8, 4) is 5.75 Å². The van der Waals surface area contributed by atoms with Gasteiger partial charge in [-0.25, -0.2) is 17.8 Å². The van der Waals surface area contributed by atoms with E-state index in [0.717, 1.165) is 43.8 Å². The Labute approximate surface area is 214 Å². The molecule has 35 heavy (non-hydrogen) atoms. The Morgan fingerprint density at radius 1 is 1.14 bits per heavy atom. The van der Waals surface area contributed by atoms with Crippen molar-refractivity contribution in [1.29, 1.82) is 0 Å². The van der Waals surface area contributed by atoms with Crippen LogP contribution < -0.4 is 19.7 Å². The number of hydrogen-bond donors (Lipinski definition) is 2. The van der Waals surface area contributed by atoms with Crippen LogP contribution in [-0.2, 0) is 14.8 Å². The highest BCUT2D eigenvalue weighted by atomic mass is 35.5. The van der Waals surface area contributed by atoms with Gasteiger partial charge in [-0.1, -0.05) is 23.2 Å². The van der Waals surface area contributed by atoms with Gasteiger partial charge in [0.05, 0.1) is 23.2 Å². The van der Waals surface area contributed by atoms with Crippen LogP contribution in [0.3, 0.4) is 0 Å². The second-order valence-electron chi connectivity index (χ2n) is 9.50. The van der Waals surface area contributed by atoms with E-state index in [4.69, 9.17) is 27.9 Å². The average Bonchev–Trinajstić information content (AvgIpc) is 3.03. The van der Waals surface area contributed by atoms with Crippen LogP contribution in [0.5, 0.6) is 5.75 Å². The van der Waals surface area contributed by atoms with Crippen molar-refractivity contribution in [3.05, 3.63) is 46.3 Å². The molecule has 0 radical (unpaired) electrons. The van der Waals surface area contributed by atoms with Gasteiger partial charge in [0, 0.05) is 18.1 Å². The molecule has 0 spiro atoms. The number of fused-ring (bicyclic) bond motifs is 2.